The number of ether oxygens (including phenoxy) is 5. The Hall–Kier alpha value is -3.73. The minimum absolute atomic E-state index is 0.151. The summed E-state index contributed by atoms with van der Waals surface area (Å²) in [7, 11) is 0. The molecule has 2 heterocycles. The number of hydrogen-bond acceptors (Lipinski definition) is 8. The first-order chi connectivity index (χ1) is 22.2. The second-order valence-electron chi connectivity index (χ2n) is 10.9. The molecule has 5 aromatic rings. The van der Waals surface area contributed by atoms with Crippen LogP contribution in [0.25, 0.3) is 0 Å². The van der Waals surface area contributed by atoms with Gasteiger partial charge in [0.15, 0.2) is 5.01 Å². The van der Waals surface area contributed by atoms with Crippen molar-refractivity contribution < 1.29 is 28.8 Å². The number of rotatable bonds is 14. The molecule has 0 unspecified atom stereocenters. The van der Waals surface area contributed by atoms with Crippen molar-refractivity contribution in [3.8, 4) is 0 Å². The molecule has 232 valence electrons. The zero-order chi connectivity index (χ0) is 30.7. The van der Waals surface area contributed by atoms with E-state index in [0.717, 1.165) is 22.3 Å². The summed E-state index contributed by atoms with van der Waals surface area (Å²) < 4.78 is 32.7. The van der Waals surface area contributed by atoms with Crippen molar-refractivity contribution in [2.75, 3.05) is 6.61 Å². The Kier molecular flexibility index (Phi) is 10.8. The summed E-state index contributed by atoms with van der Waals surface area (Å²) in [4.78, 5) is 4.48. The van der Waals surface area contributed by atoms with Gasteiger partial charge in [-0.3, -0.25) is 0 Å². The van der Waals surface area contributed by atoms with Crippen LogP contribution in [-0.4, -0.2) is 41.1 Å². The van der Waals surface area contributed by atoms with Gasteiger partial charge in [0.05, 0.1) is 33.0 Å². The van der Waals surface area contributed by atoms with Crippen molar-refractivity contribution in [3.63, 3.8) is 0 Å². The normalized spacial score (nSPS) is 23.1. The van der Waals surface area contributed by atoms with Gasteiger partial charge >= 0.3 is 0 Å². The number of benzene rings is 4. The lowest BCUT2D eigenvalue weighted by Crippen LogP contribution is -2.65. The van der Waals surface area contributed by atoms with E-state index in [0.29, 0.717) is 18.2 Å². The van der Waals surface area contributed by atoms with Gasteiger partial charge in [-0.1, -0.05) is 121 Å². The number of hydrogen-bond donors (Lipinski definition) is 1. The molecule has 1 fully saturated rings. The molecule has 0 amide bonds. The van der Waals surface area contributed by atoms with Gasteiger partial charge in [0.25, 0.3) is 0 Å². The van der Waals surface area contributed by atoms with Gasteiger partial charge in [-0.25, -0.2) is 4.98 Å². The van der Waals surface area contributed by atoms with E-state index in [9.17, 15) is 5.11 Å². The van der Waals surface area contributed by atoms with Gasteiger partial charge in [0.1, 0.15) is 24.4 Å². The van der Waals surface area contributed by atoms with Crippen LogP contribution in [0.3, 0.4) is 0 Å². The van der Waals surface area contributed by atoms with Crippen LogP contribution in [-0.2, 0) is 55.9 Å². The van der Waals surface area contributed by atoms with Crippen LogP contribution in [0.5, 0.6) is 0 Å². The topological polar surface area (TPSA) is 79.3 Å². The molecule has 1 aliphatic rings. The van der Waals surface area contributed by atoms with Crippen LogP contribution in [0.4, 0.5) is 0 Å². The second kappa shape index (κ2) is 15.5. The first kappa shape index (κ1) is 31.3. The fourth-order valence-electron chi connectivity index (χ4n) is 5.43. The SMILES string of the molecule is O[C@@]1(c2nccs2)O[C@H](COCc2ccccc2)[C@H](OCc2ccccc2)[C@H](OCc2ccccc2)[C@H]1OCc1ccccc1. The minimum atomic E-state index is -1.92. The summed E-state index contributed by atoms with van der Waals surface area (Å²) in [6.45, 7) is 1.36. The Morgan fingerprint density at radius 1 is 0.622 bits per heavy atom. The molecule has 4 aromatic carbocycles. The minimum Gasteiger partial charge on any atom is -0.374 e. The molecule has 1 saturated heterocycles. The van der Waals surface area contributed by atoms with E-state index in [1.165, 1.54) is 11.3 Å². The summed E-state index contributed by atoms with van der Waals surface area (Å²) in [5.74, 6) is -1.92. The molecule has 8 heteroatoms. The number of nitrogens with zero attached hydrogens (tertiary/aromatic N) is 1. The van der Waals surface area contributed by atoms with Crippen LogP contribution >= 0.6 is 11.3 Å². The maximum absolute atomic E-state index is 12.4. The number of aromatic nitrogens is 1. The van der Waals surface area contributed by atoms with Crippen LogP contribution in [0, 0.1) is 0 Å². The highest BCUT2D eigenvalue weighted by atomic mass is 32.1. The first-order valence-corrected chi connectivity index (χ1v) is 16.0. The molecule has 6 rings (SSSR count). The molecule has 1 aromatic heterocycles. The molecular formula is C37H37NO6S. The molecule has 1 N–H and O–H groups in total. The molecule has 0 saturated carbocycles. The second-order valence-corrected chi connectivity index (χ2v) is 11.8. The molecule has 7 nitrogen and oxygen atoms in total. The average molecular weight is 624 g/mol. The third kappa shape index (κ3) is 8.11. The van der Waals surface area contributed by atoms with Crippen molar-refractivity contribution >= 4 is 11.3 Å². The third-order valence-electron chi connectivity index (χ3n) is 7.68. The van der Waals surface area contributed by atoms with Gasteiger partial charge in [-0.2, -0.15) is 0 Å². The fourth-order valence-corrected chi connectivity index (χ4v) is 6.13. The highest BCUT2D eigenvalue weighted by Crippen LogP contribution is 2.42. The van der Waals surface area contributed by atoms with Gasteiger partial charge in [-0.15, -0.1) is 11.3 Å². The molecular weight excluding hydrogens is 586 g/mol. The van der Waals surface area contributed by atoms with E-state index in [-0.39, 0.29) is 19.8 Å². The maximum Gasteiger partial charge on any atom is 0.250 e. The predicted octanol–water partition coefficient (Wildman–Crippen LogP) is 6.66. The van der Waals surface area contributed by atoms with Crippen molar-refractivity contribution in [3.05, 3.63) is 160 Å². The van der Waals surface area contributed by atoms with E-state index >= 15 is 0 Å². The molecule has 45 heavy (non-hydrogen) atoms. The molecule has 0 radical (unpaired) electrons. The Bertz CT molecular complexity index is 1540. The Labute approximate surface area is 268 Å². The van der Waals surface area contributed by atoms with Crippen molar-refractivity contribution in [2.45, 2.75) is 56.6 Å². The van der Waals surface area contributed by atoms with E-state index in [1.54, 1.807) is 6.20 Å². The van der Waals surface area contributed by atoms with Crippen LogP contribution < -0.4 is 0 Å². The molecule has 1 aliphatic heterocycles. The van der Waals surface area contributed by atoms with Crippen molar-refractivity contribution in [2.24, 2.45) is 0 Å². The first-order valence-electron chi connectivity index (χ1n) is 15.1. The quantitative estimate of drug-likeness (QED) is 0.148. The third-order valence-corrected chi connectivity index (χ3v) is 8.56. The fraction of sp³-hybridized carbons (Fsp3) is 0.270. The maximum atomic E-state index is 12.4. The Morgan fingerprint density at radius 3 is 1.58 bits per heavy atom. The summed E-state index contributed by atoms with van der Waals surface area (Å²) >= 11 is 1.30. The molecule has 0 spiro atoms. The van der Waals surface area contributed by atoms with E-state index < -0.39 is 30.2 Å². The van der Waals surface area contributed by atoms with E-state index in [1.807, 2.05) is 127 Å². The highest BCUT2D eigenvalue weighted by Gasteiger charge is 2.58. The zero-order valence-corrected chi connectivity index (χ0v) is 25.7. The largest absolute Gasteiger partial charge is 0.374 e. The van der Waals surface area contributed by atoms with E-state index in [2.05, 4.69) is 4.98 Å². The standard InChI is InChI=1S/C37H37NO6S/c39-37(36-38-21-22-45-36)35(43-26-31-19-11-4-12-20-31)34(42-25-30-17-9-3-10-18-30)33(41-24-29-15-7-2-8-16-29)32(44-37)27-40-23-28-13-5-1-6-14-28/h1-22,32-35,39H,23-27H2/t32-,33+,34+,35-,37-/m1/s1. The lowest BCUT2D eigenvalue weighted by Gasteiger charge is -2.49. The summed E-state index contributed by atoms with van der Waals surface area (Å²) in [6.07, 6.45) is -1.42. The van der Waals surface area contributed by atoms with E-state index in [4.69, 9.17) is 23.7 Å². The molecule has 0 bridgehead atoms. The smallest absolute Gasteiger partial charge is 0.250 e. The highest BCUT2D eigenvalue weighted by molar-refractivity contribution is 7.09. The monoisotopic (exact) mass is 623 g/mol. The number of thiazole rings is 1. The zero-order valence-electron chi connectivity index (χ0n) is 24.9. The average Bonchev–Trinajstić information content (AvgIpc) is 3.65. The lowest BCUT2D eigenvalue weighted by molar-refractivity contribution is -0.378. The lowest BCUT2D eigenvalue weighted by atomic mass is 9.91. The Morgan fingerprint density at radius 2 is 1.09 bits per heavy atom. The summed E-state index contributed by atoms with van der Waals surface area (Å²) in [5, 5.41) is 14.6. The molecule has 0 aliphatic carbocycles. The van der Waals surface area contributed by atoms with Crippen molar-refractivity contribution in [1.82, 2.24) is 4.98 Å². The van der Waals surface area contributed by atoms with Gasteiger partial charge in [0.2, 0.25) is 5.79 Å². The van der Waals surface area contributed by atoms with Gasteiger partial charge in [0, 0.05) is 11.6 Å². The van der Waals surface area contributed by atoms with Gasteiger partial charge in [-0.05, 0) is 22.3 Å². The van der Waals surface area contributed by atoms with Crippen LogP contribution in [0.2, 0.25) is 0 Å². The summed E-state index contributed by atoms with van der Waals surface area (Å²) in [5.41, 5.74) is 3.98. The molecule has 5 atom stereocenters. The Balaban J connectivity index is 1.34. The van der Waals surface area contributed by atoms with Crippen molar-refractivity contribution in [1.29, 1.82) is 0 Å². The summed E-state index contributed by atoms with van der Waals surface area (Å²) in [6, 6.07) is 39.7. The van der Waals surface area contributed by atoms with Crippen LogP contribution in [0.15, 0.2) is 133 Å². The predicted molar refractivity (Wildman–Crippen MR) is 172 cm³/mol. The number of aliphatic hydroxyl groups is 1. The van der Waals surface area contributed by atoms with Crippen LogP contribution in [0.1, 0.15) is 27.3 Å². The van der Waals surface area contributed by atoms with Gasteiger partial charge < -0.3 is 28.8 Å².